The molecular weight excluding hydrogens is 238 g/mol. The van der Waals surface area contributed by atoms with Gasteiger partial charge < -0.3 is 9.84 Å². The first-order valence-corrected chi connectivity index (χ1v) is 5.44. The first-order valence-electron chi connectivity index (χ1n) is 5.44. The highest BCUT2D eigenvalue weighted by molar-refractivity contribution is 5.97. The van der Waals surface area contributed by atoms with Crippen LogP contribution >= 0.6 is 0 Å². The maximum absolute atomic E-state index is 11.7. The molecule has 0 unspecified atom stereocenters. The number of hydrogen-bond donors (Lipinski definition) is 2. The van der Waals surface area contributed by atoms with Crippen molar-refractivity contribution in [2.24, 2.45) is 11.8 Å². The number of nitrogens with one attached hydrogen (secondary N) is 1. The van der Waals surface area contributed by atoms with Gasteiger partial charge in [-0.1, -0.05) is 0 Å². The number of amides is 1. The quantitative estimate of drug-likeness (QED) is 0.805. The maximum Gasteiger partial charge on any atom is 0.307 e. The fourth-order valence-electron chi connectivity index (χ4n) is 1.66. The normalized spacial score (nSPS) is 21.2. The number of carbonyl (C=O) groups is 2. The van der Waals surface area contributed by atoms with Gasteiger partial charge in [-0.3, -0.25) is 14.9 Å². The Morgan fingerprint density at radius 2 is 2.17 bits per heavy atom. The van der Waals surface area contributed by atoms with Crippen molar-refractivity contribution in [3.63, 3.8) is 0 Å². The Kier molecular flexibility index (Phi) is 3.14. The third-order valence-electron chi connectivity index (χ3n) is 2.72. The highest BCUT2D eigenvalue weighted by atomic mass is 16.5. The summed E-state index contributed by atoms with van der Waals surface area (Å²) in [6, 6.07) is 1.63. The van der Waals surface area contributed by atoms with E-state index in [0.717, 1.165) is 0 Å². The standard InChI is InChI=1S/C11H13N3O4/c1-5-3-8(18-2)13-11(12-5)14-9(15)6-4-7(6)10(16)17/h3,6-7H,4H2,1-2H3,(H,16,17)(H,12,13,14,15)/t6-,7+/m1/s1. The van der Waals surface area contributed by atoms with Gasteiger partial charge in [0, 0.05) is 11.8 Å². The fraction of sp³-hybridized carbons (Fsp3) is 0.455. The summed E-state index contributed by atoms with van der Waals surface area (Å²) in [5, 5.41) is 11.2. The molecule has 1 aliphatic rings. The number of ether oxygens (including phenoxy) is 1. The Morgan fingerprint density at radius 3 is 2.72 bits per heavy atom. The molecule has 7 nitrogen and oxygen atoms in total. The van der Waals surface area contributed by atoms with Gasteiger partial charge >= 0.3 is 5.97 Å². The number of aromatic nitrogens is 2. The van der Waals surface area contributed by atoms with Gasteiger partial charge in [0.25, 0.3) is 0 Å². The largest absolute Gasteiger partial charge is 0.481 e. The van der Waals surface area contributed by atoms with Gasteiger partial charge in [-0.05, 0) is 13.3 Å². The summed E-state index contributed by atoms with van der Waals surface area (Å²) < 4.78 is 4.96. The van der Waals surface area contributed by atoms with Crippen LogP contribution in [0.3, 0.4) is 0 Å². The fourth-order valence-corrected chi connectivity index (χ4v) is 1.66. The van der Waals surface area contributed by atoms with Crippen molar-refractivity contribution in [2.75, 3.05) is 12.4 Å². The average molecular weight is 251 g/mol. The lowest BCUT2D eigenvalue weighted by Gasteiger charge is -2.05. The molecule has 1 amide bonds. The van der Waals surface area contributed by atoms with Gasteiger partial charge in [0.2, 0.25) is 17.7 Å². The molecule has 0 radical (unpaired) electrons. The molecule has 2 N–H and O–H groups in total. The molecule has 1 aromatic heterocycles. The molecule has 1 heterocycles. The third-order valence-corrected chi connectivity index (χ3v) is 2.72. The molecule has 18 heavy (non-hydrogen) atoms. The summed E-state index contributed by atoms with van der Waals surface area (Å²) in [4.78, 5) is 30.3. The summed E-state index contributed by atoms with van der Waals surface area (Å²) in [5.41, 5.74) is 0.655. The second-order valence-corrected chi connectivity index (χ2v) is 4.15. The topological polar surface area (TPSA) is 101 Å². The second kappa shape index (κ2) is 4.59. The highest BCUT2D eigenvalue weighted by Crippen LogP contribution is 2.39. The summed E-state index contributed by atoms with van der Waals surface area (Å²) >= 11 is 0. The van der Waals surface area contributed by atoms with E-state index in [9.17, 15) is 9.59 Å². The molecule has 2 atom stereocenters. The average Bonchev–Trinajstić information content (AvgIpc) is 3.07. The van der Waals surface area contributed by atoms with E-state index in [4.69, 9.17) is 9.84 Å². The van der Waals surface area contributed by atoms with Crippen LogP contribution < -0.4 is 10.1 Å². The number of carbonyl (C=O) groups excluding carboxylic acids is 1. The zero-order valence-corrected chi connectivity index (χ0v) is 10.0. The molecule has 7 heteroatoms. The van der Waals surface area contributed by atoms with E-state index >= 15 is 0 Å². The summed E-state index contributed by atoms with van der Waals surface area (Å²) in [7, 11) is 1.47. The number of aliphatic carboxylic acids is 1. The number of rotatable bonds is 4. The lowest BCUT2D eigenvalue weighted by atomic mass is 10.3. The highest BCUT2D eigenvalue weighted by Gasteiger charge is 2.48. The van der Waals surface area contributed by atoms with Crippen LogP contribution in [0.4, 0.5) is 5.95 Å². The molecule has 0 spiro atoms. The predicted octanol–water partition coefficient (Wildman–Crippen LogP) is 0.453. The minimum absolute atomic E-state index is 0.132. The number of aryl methyl sites for hydroxylation is 1. The van der Waals surface area contributed by atoms with Crippen molar-refractivity contribution in [1.82, 2.24) is 9.97 Å². The van der Waals surface area contributed by atoms with E-state index in [1.165, 1.54) is 7.11 Å². The second-order valence-electron chi connectivity index (χ2n) is 4.15. The minimum atomic E-state index is -0.946. The molecule has 0 aromatic carbocycles. The maximum atomic E-state index is 11.7. The van der Waals surface area contributed by atoms with E-state index in [1.54, 1.807) is 13.0 Å². The number of hydrogen-bond acceptors (Lipinski definition) is 5. The SMILES string of the molecule is COc1cc(C)nc(NC(=O)[C@@H]2C[C@@H]2C(=O)O)n1. The predicted molar refractivity (Wildman–Crippen MR) is 61.2 cm³/mol. The summed E-state index contributed by atoms with van der Waals surface area (Å²) in [6.07, 6.45) is 0.365. The molecule has 1 fully saturated rings. The summed E-state index contributed by atoms with van der Waals surface area (Å²) in [5.74, 6) is -1.90. The zero-order chi connectivity index (χ0) is 13.3. The van der Waals surface area contributed by atoms with E-state index in [1.807, 2.05) is 0 Å². The van der Waals surface area contributed by atoms with Crippen molar-refractivity contribution >= 4 is 17.8 Å². The molecule has 1 saturated carbocycles. The molecule has 1 aliphatic carbocycles. The number of carboxylic acids is 1. The smallest absolute Gasteiger partial charge is 0.307 e. The third kappa shape index (κ3) is 2.55. The van der Waals surface area contributed by atoms with E-state index in [-0.39, 0.29) is 11.9 Å². The van der Waals surface area contributed by atoms with Crippen LogP contribution in [-0.4, -0.2) is 34.1 Å². The lowest BCUT2D eigenvalue weighted by molar-refractivity contribution is -0.139. The Balaban J connectivity index is 2.04. The first kappa shape index (κ1) is 12.3. The monoisotopic (exact) mass is 251 g/mol. The Morgan fingerprint density at radius 1 is 1.44 bits per heavy atom. The Labute approximate surface area is 103 Å². The molecule has 2 rings (SSSR count). The number of nitrogens with zero attached hydrogens (tertiary/aromatic N) is 2. The van der Waals surface area contributed by atoms with Crippen molar-refractivity contribution < 1.29 is 19.4 Å². The molecule has 0 saturated heterocycles. The van der Waals surface area contributed by atoms with Crippen molar-refractivity contribution in [3.05, 3.63) is 11.8 Å². The van der Waals surface area contributed by atoms with Crippen molar-refractivity contribution in [2.45, 2.75) is 13.3 Å². The van der Waals surface area contributed by atoms with E-state index < -0.39 is 17.8 Å². The van der Waals surface area contributed by atoms with Crippen LogP contribution in [0, 0.1) is 18.8 Å². The van der Waals surface area contributed by atoms with Gasteiger partial charge in [-0.2, -0.15) is 4.98 Å². The molecule has 96 valence electrons. The first-order chi connectivity index (χ1) is 8.51. The van der Waals surface area contributed by atoms with E-state index in [2.05, 4.69) is 15.3 Å². The van der Waals surface area contributed by atoms with Crippen LogP contribution in [0.15, 0.2) is 6.07 Å². The van der Waals surface area contributed by atoms with Gasteiger partial charge in [-0.15, -0.1) is 0 Å². The van der Waals surface area contributed by atoms with Gasteiger partial charge in [0.15, 0.2) is 0 Å². The molecule has 1 aromatic rings. The number of methoxy groups -OCH3 is 1. The van der Waals surface area contributed by atoms with Gasteiger partial charge in [0.1, 0.15) is 0 Å². The van der Waals surface area contributed by atoms with E-state index in [0.29, 0.717) is 18.0 Å². The van der Waals surface area contributed by atoms with Crippen LogP contribution in [0.25, 0.3) is 0 Å². The van der Waals surface area contributed by atoms with Crippen molar-refractivity contribution in [3.8, 4) is 5.88 Å². The minimum Gasteiger partial charge on any atom is -0.481 e. The van der Waals surface area contributed by atoms with Gasteiger partial charge in [0.05, 0.1) is 18.9 Å². The van der Waals surface area contributed by atoms with Gasteiger partial charge in [-0.25, -0.2) is 4.98 Å². The number of carboxylic acid groups (broad SMARTS) is 1. The van der Waals surface area contributed by atoms with Crippen molar-refractivity contribution in [1.29, 1.82) is 0 Å². The van der Waals surface area contributed by atoms with Crippen LogP contribution in [0.5, 0.6) is 5.88 Å². The number of anilines is 1. The summed E-state index contributed by atoms with van der Waals surface area (Å²) in [6.45, 7) is 1.75. The Hall–Kier alpha value is -2.18. The lowest BCUT2D eigenvalue weighted by Crippen LogP contribution is -2.18. The molecular formula is C11H13N3O4. The zero-order valence-electron chi connectivity index (χ0n) is 10.0. The van der Waals surface area contributed by atoms with Crippen LogP contribution in [0.2, 0.25) is 0 Å². The Bertz CT molecular complexity index is 503. The molecule has 0 bridgehead atoms. The molecule has 0 aliphatic heterocycles. The van der Waals surface area contributed by atoms with Crippen LogP contribution in [0.1, 0.15) is 12.1 Å². The van der Waals surface area contributed by atoms with Crippen LogP contribution in [-0.2, 0) is 9.59 Å².